The molecule has 3 heteroatoms. The number of nitrogens with zero attached hydrogens (tertiary/aromatic N) is 1. The maximum atomic E-state index is 8.32. The van der Waals surface area contributed by atoms with Crippen molar-refractivity contribution in [1.29, 1.82) is 5.26 Å². The molecular weight excluding hydrogens is 193 g/mol. The summed E-state index contributed by atoms with van der Waals surface area (Å²) in [5, 5.41) is 16.1. The zero-order chi connectivity index (χ0) is 4.99. The molecule has 0 aliphatic rings. The molecule has 1 atom stereocenters. The van der Waals surface area contributed by atoms with Crippen molar-refractivity contribution in [1.82, 2.24) is 0 Å². The molecule has 0 bridgehead atoms. The van der Waals surface area contributed by atoms with Gasteiger partial charge in [-0.1, -0.05) is 22.6 Å². The number of hydrogen-bond donors (Lipinski definition) is 1. The van der Waals surface area contributed by atoms with Crippen LogP contribution in [0.3, 0.4) is 0 Å². The first kappa shape index (κ1) is 6.18. The van der Waals surface area contributed by atoms with E-state index in [1.807, 2.05) is 6.07 Å². The van der Waals surface area contributed by atoms with Gasteiger partial charge in [0.25, 0.3) is 0 Å². The summed E-state index contributed by atoms with van der Waals surface area (Å²) >= 11 is 1.78. The third-order valence-corrected chi connectivity index (χ3v) is 0.700. The molecule has 0 aliphatic heterocycles. The van der Waals surface area contributed by atoms with E-state index in [1.165, 1.54) is 0 Å². The Morgan fingerprint density at radius 2 is 2.50 bits per heavy atom. The van der Waals surface area contributed by atoms with Crippen molar-refractivity contribution < 1.29 is 5.11 Å². The van der Waals surface area contributed by atoms with E-state index < -0.39 is 4.11 Å². The van der Waals surface area contributed by atoms with Crippen molar-refractivity contribution in [2.75, 3.05) is 0 Å². The minimum Gasteiger partial charge on any atom is -0.382 e. The topological polar surface area (TPSA) is 44.0 Å². The molecule has 0 rings (SSSR count). The molecule has 0 saturated heterocycles. The highest BCUT2D eigenvalue weighted by molar-refractivity contribution is 14.1. The Labute approximate surface area is 49.9 Å². The summed E-state index contributed by atoms with van der Waals surface area (Å²) in [5.74, 6) is 0. The van der Waals surface area contributed by atoms with Gasteiger partial charge in [0.15, 0.2) is 0 Å². The lowest BCUT2D eigenvalue weighted by molar-refractivity contribution is 0.285. The molecule has 0 spiro atoms. The average molecular weight is 197 g/mol. The number of hydrogen-bond acceptors (Lipinski definition) is 2. The zero-order valence-corrected chi connectivity index (χ0v) is 5.21. The van der Waals surface area contributed by atoms with E-state index in [0.29, 0.717) is 0 Å². The summed E-state index contributed by atoms with van der Waals surface area (Å²) in [6.45, 7) is 0. The van der Waals surface area contributed by atoms with Crippen LogP contribution in [0, 0.1) is 11.3 Å². The molecule has 1 N–H and O–H groups in total. The molecule has 1 unspecified atom stereocenters. The highest BCUT2D eigenvalue weighted by Gasteiger charge is 1.89. The fourth-order valence-electron chi connectivity index (χ4n) is 0.0753. The van der Waals surface area contributed by atoms with Crippen LogP contribution in [0.25, 0.3) is 0 Å². The molecule has 0 saturated carbocycles. The van der Waals surface area contributed by atoms with Gasteiger partial charge < -0.3 is 5.11 Å². The Kier molecular flexibility index (Phi) is 3.47. The smallest absolute Gasteiger partial charge is 0.118 e. The van der Waals surface area contributed by atoms with Crippen LogP contribution in [0.5, 0.6) is 0 Å². The first-order chi connectivity index (χ1) is 2.77. The van der Waals surface area contributed by atoms with Crippen LogP contribution in [-0.4, -0.2) is 9.22 Å². The molecule has 0 aromatic rings. The number of rotatable bonds is 1. The molecular formula is C3H4INO. The van der Waals surface area contributed by atoms with E-state index in [-0.39, 0.29) is 6.42 Å². The molecule has 0 amide bonds. The SMILES string of the molecule is N#CCC(O)I. The van der Waals surface area contributed by atoms with Gasteiger partial charge in [-0.25, -0.2) is 0 Å². The van der Waals surface area contributed by atoms with E-state index in [9.17, 15) is 0 Å². The van der Waals surface area contributed by atoms with Crippen LogP contribution in [0.2, 0.25) is 0 Å². The lowest BCUT2D eigenvalue weighted by Crippen LogP contribution is -1.88. The molecule has 0 aromatic carbocycles. The fourth-order valence-corrected chi connectivity index (χ4v) is 0.272. The third kappa shape index (κ3) is 4.18. The van der Waals surface area contributed by atoms with Gasteiger partial charge in [-0.2, -0.15) is 5.26 Å². The van der Waals surface area contributed by atoms with Gasteiger partial charge >= 0.3 is 0 Å². The van der Waals surface area contributed by atoms with E-state index >= 15 is 0 Å². The third-order valence-electron chi connectivity index (χ3n) is 0.260. The van der Waals surface area contributed by atoms with Crippen molar-refractivity contribution >= 4 is 22.6 Å². The lowest BCUT2D eigenvalue weighted by Gasteiger charge is -1.86. The Morgan fingerprint density at radius 3 is 2.50 bits per heavy atom. The minimum atomic E-state index is -0.493. The maximum absolute atomic E-state index is 8.32. The molecule has 0 aromatic heterocycles. The zero-order valence-electron chi connectivity index (χ0n) is 3.06. The molecule has 0 heterocycles. The van der Waals surface area contributed by atoms with Crippen LogP contribution in [0.4, 0.5) is 0 Å². The molecule has 6 heavy (non-hydrogen) atoms. The highest BCUT2D eigenvalue weighted by atomic mass is 127. The van der Waals surface area contributed by atoms with Gasteiger partial charge in [-0.3, -0.25) is 0 Å². The van der Waals surface area contributed by atoms with Crippen LogP contribution >= 0.6 is 22.6 Å². The van der Waals surface area contributed by atoms with Gasteiger partial charge in [-0.05, 0) is 0 Å². The second kappa shape index (κ2) is 3.37. The van der Waals surface area contributed by atoms with Crippen LogP contribution < -0.4 is 0 Å². The Hall–Kier alpha value is 0.180. The van der Waals surface area contributed by atoms with E-state index in [0.717, 1.165) is 0 Å². The molecule has 0 aliphatic carbocycles. The van der Waals surface area contributed by atoms with Crippen LogP contribution in [0.1, 0.15) is 6.42 Å². The fraction of sp³-hybridized carbons (Fsp3) is 0.667. The summed E-state index contributed by atoms with van der Waals surface area (Å²) in [6, 6.07) is 1.81. The molecule has 0 radical (unpaired) electrons. The summed E-state index contributed by atoms with van der Waals surface area (Å²) in [7, 11) is 0. The van der Waals surface area contributed by atoms with Gasteiger partial charge in [0.1, 0.15) is 4.11 Å². The number of aliphatic hydroxyl groups excluding tert-OH is 1. The highest BCUT2D eigenvalue weighted by Crippen LogP contribution is 1.96. The van der Waals surface area contributed by atoms with Gasteiger partial charge in [0, 0.05) is 0 Å². The van der Waals surface area contributed by atoms with Crippen molar-refractivity contribution in [2.45, 2.75) is 10.5 Å². The van der Waals surface area contributed by atoms with E-state index in [1.54, 1.807) is 22.6 Å². The maximum Gasteiger partial charge on any atom is 0.118 e. The second-order valence-corrected chi connectivity index (χ2v) is 2.23. The van der Waals surface area contributed by atoms with Crippen LogP contribution in [-0.2, 0) is 0 Å². The first-order valence-electron chi connectivity index (χ1n) is 1.46. The monoisotopic (exact) mass is 197 g/mol. The number of halogens is 1. The lowest BCUT2D eigenvalue weighted by atomic mass is 10.5. The van der Waals surface area contributed by atoms with Gasteiger partial charge in [-0.15, -0.1) is 0 Å². The summed E-state index contributed by atoms with van der Waals surface area (Å²) in [4.78, 5) is 0. The Morgan fingerprint density at radius 1 is 2.00 bits per heavy atom. The van der Waals surface area contributed by atoms with E-state index in [4.69, 9.17) is 10.4 Å². The first-order valence-corrected chi connectivity index (χ1v) is 2.71. The summed E-state index contributed by atoms with van der Waals surface area (Å²) < 4.78 is -0.493. The van der Waals surface area contributed by atoms with Crippen molar-refractivity contribution in [3.05, 3.63) is 0 Å². The predicted molar refractivity (Wildman–Crippen MR) is 30.3 cm³/mol. The molecule has 2 nitrogen and oxygen atoms in total. The van der Waals surface area contributed by atoms with Crippen molar-refractivity contribution in [3.8, 4) is 6.07 Å². The standard InChI is InChI=1S/C3H4INO/c4-3(6)1-2-5/h3,6H,1H2. The Balaban J connectivity index is 2.88. The average Bonchev–Trinajstić information content (AvgIpc) is 1.35. The molecule has 34 valence electrons. The summed E-state index contributed by atoms with van der Waals surface area (Å²) in [6.07, 6.45) is 0.223. The summed E-state index contributed by atoms with van der Waals surface area (Å²) in [5.41, 5.74) is 0. The largest absolute Gasteiger partial charge is 0.382 e. The second-order valence-electron chi connectivity index (χ2n) is 0.797. The number of nitriles is 1. The molecule has 0 fully saturated rings. The predicted octanol–water partition coefficient (Wildman–Crippen LogP) is 0.653. The Bertz CT molecular complexity index is 65.7. The minimum absolute atomic E-state index is 0.223. The van der Waals surface area contributed by atoms with Crippen molar-refractivity contribution in [2.24, 2.45) is 0 Å². The van der Waals surface area contributed by atoms with Crippen molar-refractivity contribution in [3.63, 3.8) is 0 Å². The number of alkyl halides is 1. The number of aliphatic hydroxyl groups is 1. The van der Waals surface area contributed by atoms with Gasteiger partial charge in [0.05, 0.1) is 12.5 Å². The van der Waals surface area contributed by atoms with Gasteiger partial charge in [0.2, 0.25) is 0 Å². The van der Waals surface area contributed by atoms with E-state index in [2.05, 4.69) is 0 Å². The quantitative estimate of drug-likeness (QED) is 0.495. The van der Waals surface area contributed by atoms with Crippen LogP contribution in [0.15, 0.2) is 0 Å². The normalized spacial score (nSPS) is 12.8.